The summed E-state index contributed by atoms with van der Waals surface area (Å²) in [4.78, 5) is 25.1. The standard InChI is InChI=1S/C15H24N2O3/c1-20-15(19)17-9-7-12(8-10-17)11-16-14(18)13-5-3-2-4-6-13/h2-3,12-13H,4-11H2,1H3,(H,16,18)/t13-/m0/s1. The zero-order valence-electron chi connectivity index (χ0n) is 12.1. The zero-order valence-corrected chi connectivity index (χ0v) is 12.1. The van der Waals surface area contributed by atoms with Gasteiger partial charge in [-0.1, -0.05) is 12.2 Å². The maximum absolute atomic E-state index is 12.0. The van der Waals surface area contributed by atoms with Crippen molar-refractivity contribution in [2.75, 3.05) is 26.7 Å². The van der Waals surface area contributed by atoms with E-state index in [2.05, 4.69) is 17.5 Å². The molecular formula is C15H24N2O3. The zero-order chi connectivity index (χ0) is 14.4. The highest BCUT2D eigenvalue weighted by molar-refractivity contribution is 5.78. The molecule has 0 bridgehead atoms. The molecule has 2 rings (SSSR count). The summed E-state index contributed by atoms with van der Waals surface area (Å²) in [5, 5.41) is 3.07. The van der Waals surface area contributed by atoms with Gasteiger partial charge in [0, 0.05) is 25.6 Å². The number of allylic oxidation sites excluding steroid dienone is 2. The molecule has 112 valence electrons. The molecule has 0 aromatic carbocycles. The third-order valence-electron chi connectivity index (χ3n) is 4.25. The van der Waals surface area contributed by atoms with Gasteiger partial charge in [0.15, 0.2) is 0 Å². The first kappa shape index (κ1) is 14.9. The molecule has 0 radical (unpaired) electrons. The second kappa shape index (κ2) is 7.31. The summed E-state index contributed by atoms with van der Waals surface area (Å²) in [6.07, 6.45) is 8.70. The van der Waals surface area contributed by atoms with Gasteiger partial charge in [0.2, 0.25) is 5.91 Å². The number of amides is 2. The summed E-state index contributed by atoms with van der Waals surface area (Å²) in [5.74, 6) is 0.805. The van der Waals surface area contributed by atoms with Gasteiger partial charge in [-0.25, -0.2) is 4.79 Å². The Morgan fingerprint density at radius 3 is 2.60 bits per heavy atom. The number of ether oxygens (including phenoxy) is 1. The average molecular weight is 280 g/mol. The first-order valence-corrected chi connectivity index (χ1v) is 7.46. The summed E-state index contributed by atoms with van der Waals surface area (Å²) in [6, 6.07) is 0. The molecule has 5 nitrogen and oxygen atoms in total. The van der Waals surface area contributed by atoms with Crippen molar-refractivity contribution in [3.05, 3.63) is 12.2 Å². The van der Waals surface area contributed by atoms with Crippen LogP contribution in [-0.4, -0.2) is 43.6 Å². The van der Waals surface area contributed by atoms with E-state index in [1.807, 2.05) is 0 Å². The molecule has 1 aliphatic heterocycles. The Morgan fingerprint density at radius 1 is 1.25 bits per heavy atom. The van der Waals surface area contributed by atoms with Crippen molar-refractivity contribution in [2.24, 2.45) is 11.8 Å². The predicted octanol–water partition coefficient (Wildman–Crippen LogP) is 1.94. The Bertz CT molecular complexity index is 373. The van der Waals surface area contributed by atoms with E-state index in [4.69, 9.17) is 4.74 Å². The second-order valence-electron chi connectivity index (χ2n) is 5.63. The summed E-state index contributed by atoms with van der Waals surface area (Å²) in [6.45, 7) is 2.17. The van der Waals surface area contributed by atoms with Crippen LogP contribution in [0.15, 0.2) is 12.2 Å². The van der Waals surface area contributed by atoms with E-state index < -0.39 is 0 Å². The number of nitrogens with zero attached hydrogens (tertiary/aromatic N) is 1. The summed E-state index contributed by atoms with van der Waals surface area (Å²) in [5.41, 5.74) is 0. The van der Waals surface area contributed by atoms with Crippen molar-refractivity contribution in [3.8, 4) is 0 Å². The van der Waals surface area contributed by atoms with Crippen LogP contribution in [0, 0.1) is 11.8 Å². The van der Waals surface area contributed by atoms with Crippen LogP contribution < -0.4 is 5.32 Å². The van der Waals surface area contributed by atoms with Crippen molar-refractivity contribution in [1.82, 2.24) is 10.2 Å². The number of carbonyl (C=O) groups excluding carboxylic acids is 2. The van der Waals surface area contributed by atoms with E-state index in [0.717, 1.165) is 51.7 Å². The molecule has 1 N–H and O–H groups in total. The summed E-state index contributed by atoms with van der Waals surface area (Å²) >= 11 is 0. The van der Waals surface area contributed by atoms with Crippen LogP contribution in [0.2, 0.25) is 0 Å². The highest BCUT2D eigenvalue weighted by atomic mass is 16.5. The van der Waals surface area contributed by atoms with Crippen LogP contribution in [0.5, 0.6) is 0 Å². The number of piperidine rings is 1. The third-order valence-corrected chi connectivity index (χ3v) is 4.25. The lowest BCUT2D eigenvalue weighted by atomic mass is 9.92. The number of likely N-dealkylation sites (tertiary alicyclic amines) is 1. The first-order valence-electron chi connectivity index (χ1n) is 7.46. The molecule has 20 heavy (non-hydrogen) atoms. The Balaban J connectivity index is 1.67. The highest BCUT2D eigenvalue weighted by Gasteiger charge is 2.24. The van der Waals surface area contributed by atoms with Gasteiger partial charge < -0.3 is 15.0 Å². The van der Waals surface area contributed by atoms with Crippen LogP contribution in [0.1, 0.15) is 32.1 Å². The van der Waals surface area contributed by atoms with Crippen LogP contribution in [0.4, 0.5) is 4.79 Å². The molecule has 0 saturated carbocycles. The molecule has 1 aliphatic carbocycles. The monoisotopic (exact) mass is 280 g/mol. The molecular weight excluding hydrogens is 256 g/mol. The highest BCUT2D eigenvalue weighted by Crippen LogP contribution is 2.20. The Hall–Kier alpha value is -1.52. The van der Waals surface area contributed by atoms with E-state index in [0.29, 0.717) is 5.92 Å². The van der Waals surface area contributed by atoms with Crippen molar-refractivity contribution in [2.45, 2.75) is 32.1 Å². The molecule has 1 saturated heterocycles. The molecule has 0 aromatic heterocycles. The fourth-order valence-electron chi connectivity index (χ4n) is 2.87. The minimum absolute atomic E-state index is 0.148. The van der Waals surface area contributed by atoms with E-state index in [1.165, 1.54) is 7.11 Å². The fourth-order valence-corrected chi connectivity index (χ4v) is 2.87. The van der Waals surface area contributed by atoms with Crippen LogP contribution in [-0.2, 0) is 9.53 Å². The minimum atomic E-state index is -0.249. The molecule has 2 amide bonds. The normalized spacial score (nSPS) is 23.4. The molecule has 1 fully saturated rings. The SMILES string of the molecule is COC(=O)N1CCC(CNC(=O)[C@H]2CC=CCC2)CC1. The van der Waals surface area contributed by atoms with Gasteiger partial charge in [-0.3, -0.25) is 4.79 Å². The van der Waals surface area contributed by atoms with E-state index >= 15 is 0 Å². The molecule has 0 aromatic rings. The van der Waals surface area contributed by atoms with Gasteiger partial charge >= 0.3 is 6.09 Å². The predicted molar refractivity (Wildman–Crippen MR) is 76.2 cm³/mol. The Morgan fingerprint density at radius 2 is 2.00 bits per heavy atom. The number of methoxy groups -OCH3 is 1. The van der Waals surface area contributed by atoms with Crippen LogP contribution in [0.3, 0.4) is 0 Å². The Labute approximate surface area is 120 Å². The largest absolute Gasteiger partial charge is 0.453 e. The maximum atomic E-state index is 12.0. The lowest BCUT2D eigenvalue weighted by molar-refractivity contribution is -0.125. The quantitative estimate of drug-likeness (QED) is 0.804. The van der Waals surface area contributed by atoms with E-state index in [-0.39, 0.29) is 17.9 Å². The maximum Gasteiger partial charge on any atom is 0.409 e. The molecule has 1 atom stereocenters. The van der Waals surface area contributed by atoms with Gasteiger partial charge in [-0.2, -0.15) is 0 Å². The third kappa shape index (κ3) is 3.99. The number of nitrogens with one attached hydrogen (secondary N) is 1. The van der Waals surface area contributed by atoms with Crippen molar-refractivity contribution < 1.29 is 14.3 Å². The molecule has 0 spiro atoms. The van der Waals surface area contributed by atoms with Gasteiger partial charge in [0.25, 0.3) is 0 Å². The van der Waals surface area contributed by atoms with E-state index in [1.54, 1.807) is 4.90 Å². The van der Waals surface area contributed by atoms with Gasteiger partial charge in [-0.05, 0) is 38.0 Å². The molecule has 5 heteroatoms. The number of hydrogen-bond donors (Lipinski definition) is 1. The first-order chi connectivity index (χ1) is 9.70. The topological polar surface area (TPSA) is 58.6 Å². The van der Waals surface area contributed by atoms with Gasteiger partial charge in [0.1, 0.15) is 0 Å². The molecule has 1 heterocycles. The number of hydrogen-bond acceptors (Lipinski definition) is 3. The molecule has 2 aliphatic rings. The van der Waals surface area contributed by atoms with Crippen molar-refractivity contribution in [1.29, 1.82) is 0 Å². The smallest absolute Gasteiger partial charge is 0.409 e. The lowest BCUT2D eigenvalue weighted by Gasteiger charge is -2.31. The lowest BCUT2D eigenvalue weighted by Crippen LogP contribution is -2.42. The van der Waals surface area contributed by atoms with Gasteiger partial charge in [-0.15, -0.1) is 0 Å². The number of carbonyl (C=O) groups is 2. The molecule has 0 unspecified atom stereocenters. The summed E-state index contributed by atoms with van der Waals surface area (Å²) in [7, 11) is 1.41. The second-order valence-corrected chi connectivity index (χ2v) is 5.63. The fraction of sp³-hybridized carbons (Fsp3) is 0.733. The average Bonchev–Trinajstić information content (AvgIpc) is 2.53. The van der Waals surface area contributed by atoms with Crippen LogP contribution >= 0.6 is 0 Å². The number of rotatable bonds is 3. The van der Waals surface area contributed by atoms with Crippen molar-refractivity contribution >= 4 is 12.0 Å². The van der Waals surface area contributed by atoms with Crippen LogP contribution in [0.25, 0.3) is 0 Å². The van der Waals surface area contributed by atoms with Crippen molar-refractivity contribution in [3.63, 3.8) is 0 Å². The minimum Gasteiger partial charge on any atom is -0.453 e. The summed E-state index contributed by atoms with van der Waals surface area (Å²) < 4.78 is 4.71. The van der Waals surface area contributed by atoms with E-state index in [9.17, 15) is 9.59 Å². The van der Waals surface area contributed by atoms with Gasteiger partial charge in [0.05, 0.1) is 7.11 Å². The Kier molecular flexibility index (Phi) is 5.44.